The molecular weight excluding hydrogens is 358 g/mol. The molecule has 0 spiro atoms. The predicted octanol–water partition coefficient (Wildman–Crippen LogP) is 1.65. The van der Waals surface area contributed by atoms with E-state index in [0.717, 1.165) is 25.7 Å². The van der Waals surface area contributed by atoms with Crippen molar-refractivity contribution in [1.29, 1.82) is 0 Å². The lowest BCUT2D eigenvalue weighted by molar-refractivity contribution is 0.162. The third-order valence-corrected chi connectivity index (χ3v) is 6.53. The Kier molecular flexibility index (Phi) is 5.15. The average Bonchev–Trinajstić information content (AvgIpc) is 3.04. The van der Waals surface area contributed by atoms with E-state index < -0.39 is 10.0 Å². The molecule has 1 heterocycles. The van der Waals surface area contributed by atoms with Crippen LogP contribution < -0.4 is 10.5 Å². The van der Waals surface area contributed by atoms with Crippen LogP contribution in [0.2, 0.25) is 0 Å². The van der Waals surface area contributed by atoms with E-state index in [0.29, 0.717) is 12.3 Å². The fourth-order valence-electron chi connectivity index (χ4n) is 2.80. The molecule has 1 aliphatic rings. The van der Waals surface area contributed by atoms with Crippen LogP contribution in [0.4, 0.5) is 0 Å². The maximum Gasteiger partial charge on any atom is 0.245 e. The molecule has 0 aliphatic heterocycles. The van der Waals surface area contributed by atoms with Crippen LogP contribution in [0.25, 0.3) is 0 Å². The molecule has 0 atom stereocenters. The number of hydrogen-bond acceptors (Lipinski definition) is 5. The molecule has 1 saturated carbocycles. The van der Waals surface area contributed by atoms with Gasteiger partial charge in [-0.3, -0.25) is 0 Å². The van der Waals surface area contributed by atoms with Gasteiger partial charge in [-0.05, 0) is 42.9 Å². The highest BCUT2D eigenvalue weighted by atomic mass is 79.9. The van der Waals surface area contributed by atoms with Crippen molar-refractivity contribution in [3.63, 3.8) is 0 Å². The molecule has 1 aromatic rings. The second-order valence-corrected chi connectivity index (χ2v) is 8.16. The smallest absolute Gasteiger partial charge is 0.245 e. The van der Waals surface area contributed by atoms with E-state index in [2.05, 4.69) is 25.6 Å². The minimum Gasteiger partial charge on any atom is -0.452 e. The zero-order valence-electron chi connectivity index (χ0n) is 12.4. The normalized spacial score (nSPS) is 18.5. The first-order valence-corrected chi connectivity index (χ1v) is 9.24. The lowest BCUT2D eigenvalue weighted by atomic mass is 9.97. The van der Waals surface area contributed by atoms with Gasteiger partial charge in [0.1, 0.15) is 10.7 Å². The Morgan fingerprint density at radius 1 is 1.43 bits per heavy atom. The molecular formula is C13H22BrN3O3S. The van der Waals surface area contributed by atoms with Crippen LogP contribution in [-0.4, -0.2) is 39.5 Å². The van der Waals surface area contributed by atoms with Crippen molar-refractivity contribution in [2.45, 2.75) is 42.7 Å². The van der Waals surface area contributed by atoms with Gasteiger partial charge in [0.05, 0.1) is 6.54 Å². The highest BCUT2D eigenvalue weighted by Crippen LogP contribution is 2.34. The molecule has 0 saturated heterocycles. The largest absolute Gasteiger partial charge is 0.452 e. The molecule has 0 amide bonds. The minimum absolute atomic E-state index is 0.0972. The van der Waals surface area contributed by atoms with Gasteiger partial charge in [-0.1, -0.05) is 12.8 Å². The summed E-state index contributed by atoms with van der Waals surface area (Å²) in [5.41, 5.74) is 5.38. The van der Waals surface area contributed by atoms with Crippen molar-refractivity contribution in [3.05, 3.63) is 16.5 Å². The highest BCUT2D eigenvalue weighted by molar-refractivity contribution is 9.10. The number of nitrogens with two attached hydrogens (primary N) is 1. The summed E-state index contributed by atoms with van der Waals surface area (Å²) in [6.07, 6.45) is 4.27. The van der Waals surface area contributed by atoms with E-state index in [-0.39, 0.29) is 21.6 Å². The SMILES string of the molecule is CN(C)C1(CNS(=O)(=O)c2cc(CN)oc2Br)CCCC1. The Morgan fingerprint density at radius 3 is 2.52 bits per heavy atom. The number of halogens is 1. The molecule has 21 heavy (non-hydrogen) atoms. The Labute approximate surface area is 134 Å². The van der Waals surface area contributed by atoms with E-state index in [4.69, 9.17) is 10.2 Å². The molecule has 1 aromatic heterocycles. The number of sulfonamides is 1. The molecule has 0 radical (unpaired) electrons. The summed E-state index contributed by atoms with van der Waals surface area (Å²) in [6.45, 7) is 0.563. The molecule has 0 aromatic carbocycles. The Hall–Kier alpha value is -0.410. The third kappa shape index (κ3) is 3.50. The van der Waals surface area contributed by atoms with Gasteiger partial charge in [0.25, 0.3) is 0 Å². The van der Waals surface area contributed by atoms with E-state index in [1.165, 1.54) is 6.07 Å². The van der Waals surface area contributed by atoms with Gasteiger partial charge in [-0.2, -0.15) is 0 Å². The molecule has 3 N–H and O–H groups in total. The quantitative estimate of drug-likeness (QED) is 0.784. The second-order valence-electron chi connectivity index (χ2n) is 5.71. The van der Waals surface area contributed by atoms with Gasteiger partial charge in [0.15, 0.2) is 4.67 Å². The maximum absolute atomic E-state index is 12.4. The molecule has 6 nitrogen and oxygen atoms in total. The summed E-state index contributed by atoms with van der Waals surface area (Å²) >= 11 is 3.14. The summed E-state index contributed by atoms with van der Waals surface area (Å²) in [5, 5.41) is 0. The average molecular weight is 380 g/mol. The van der Waals surface area contributed by atoms with Crippen molar-refractivity contribution in [2.24, 2.45) is 5.73 Å². The van der Waals surface area contributed by atoms with E-state index in [1.807, 2.05) is 14.1 Å². The Bertz CT molecular complexity index is 592. The first-order valence-electron chi connectivity index (χ1n) is 6.96. The first-order chi connectivity index (χ1) is 9.81. The number of rotatable bonds is 6. The standard InChI is InChI=1S/C13H22BrN3O3S/c1-17(2)13(5-3-4-6-13)9-16-21(18,19)11-7-10(8-15)20-12(11)14/h7,16H,3-6,8-9,15H2,1-2H3. The van der Waals surface area contributed by atoms with Gasteiger partial charge in [0, 0.05) is 18.2 Å². The second kappa shape index (κ2) is 6.37. The van der Waals surface area contributed by atoms with Crippen LogP contribution in [0.5, 0.6) is 0 Å². The topological polar surface area (TPSA) is 88.6 Å². The van der Waals surface area contributed by atoms with Crippen molar-refractivity contribution in [2.75, 3.05) is 20.6 Å². The minimum atomic E-state index is -3.61. The zero-order chi connectivity index (χ0) is 15.7. The third-order valence-electron chi connectivity index (χ3n) is 4.27. The monoisotopic (exact) mass is 379 g/mol. The zero-order valence-corrected chi connectivity index (χ0v) is 14.8. The van der Waals surface area contributed by atoms with Crippen molar-refractivity contribution < 1.29 is 12.8 Å². The lowest BCUT2D eigenvalue weighted by Gasteiger charge is -2.36. The van der Waals surface area contributed by atoms with Crippen LogP contribution in [-0.2, 0) is 16.6 Å². The summed E-state index contributed by atoms with van der Waals surface area (Å²) in [4.78, 5) is 2.23. The van der Waals surface area contributed by atoms with E-state index in [1.54, 1.807) is 0 Å². The van der Waals surface area contributed by atoms with Crippen LogP contribution in [0.1, 0.15) is 31.4 Å². The fourth-order valence-corrected chi connectivity index (χ4v) is 4.92. The van der Waals surface area contributed by atoms with E-state index >= 15 is 0 Å². The first kappa shape index (κ1) is 17.0. The van der Waals surface area contributed by atoms with Crippen LogP contribution in [0.3, 0.4) is 0 Å². The number of likely N-dealkylation sites (N-methyl/N-ethyl adjacent to an activating group) is 1. The van der Waals surface area contributed by atoms with Crippen LogP contribution in [0, 0.1) is 0 Å². The van der Waals surface area contributed by atoms with Gasteiger partial charge in [0.2, 0.25) is 10.0 Å². The molecule has 1 aliphatic carbocycles. The lowest BCUT2D eigenvalue weighted by Crippen LogP contribution is -2.50. The predicted molar refractivity (Wildman–Crippen MR) is 84.4 cm³/mol. The van der Waals surface area contributed by atoms with Crippen LogP contribution in [0.15, 0.2) is 20.0 Å². The molecule has 120 valence electrons. The fraction of sp³-hybridized carbons (Fsp3) is 0.692. The van der Waals surface area contributed by atoms with Crippen molar-refractivity contribution in [3.8, 4) is 0 Å². The summed E-state index contributed by atoms with van der Waals surface area (Å²) in [5.74, 6) is 0.436. The summed E-state index contributed by atoms with van der Waals surface area (Å²) in [7, 11) is 0.388. The number of furan rings is 1. The highest BCUT2D eigenvalue weighted by Gasteiger charge is 2.37. The van der Waals surface area contributed by atoms with Gasteiger partial charge >= 0.3 is 0 Å². The van der Waals surface area contributed by atoms with Crippen molar-refractivity contribution in [1.82, 2.24) is 9.62 Å². The molecule has 0 unspecified atom stereocenters. The summed E-state index contributed by atoms with van der Waals surface area (Å²) < 4.78 is 33.1. The molecule has 2 rings (SSSR count). The van der Waals surface area contributed by atoms with Gasteiger partial charge in [-0.25, -0.2) is 13.1 Å². The van der Waals surface area contributed by atoms with Crippen LogP contribution >= 0.6 is 15.9 Å². The molecule has 8 heteroatoms. The van der Waals surface area contributed by atoms with Gasteiger partial charge in [-0.15, -0.1) is 0 Å². The Balaban J connectivity index is 2.15. The molecule has 0 bridgehead atoms. The molecule has 1 fully saturated rings. The number of nitrogens with zero attached hydrogens (tertiary/aromatic N) is 1. The van der Waals surface area contributed by atoms with Crippen molar-refractivity contribution >= 4 is 26.0 Å². The number of nitrogens with one attached hydrogen (secondary N) is 1. The number of hydrogen-bond donors (Lipinski definition) is 2. The maximum atomic E-state index is 12.4. The summed E-state index contributed by atoms with van der Waals surface area (Å²) in [6, 6.07) is 1.46. The van der Waals surface area contributed by atoms with Gasteiger partial charge < -0.3 is 15.1 Å². The Morgan fingerprint density at radius 2 is 2.05 bits per heavy atom. The van der Waals surface area contributed by atoms with E-state index in [9.17, 15) is 8.42 Å².